The number of carbonyl (C=O) groups is 1. The molecule has 2 aliphatic heterocycles. The van der Waals surface area contributed by atoms with Crippen molar-refractivity contribution in [2.75, 3.05) is 0 Å². The zero-order valence-electron chi connectivity index (χ0n) is 22.7. The van der Waals surface area contributed by atoms with Crippen LogP contribution in [0.15, 0.2) is 18.5 Å². The third-order valence-corrected chi connectivity index (χ3v) is 7.72. The van der Waals surface area contributed by atoms with E-state index in [1.54, 1.807) is 0 Å². The summed E-state index contributed by atoms with van der Waals surface area (Å²) in [7, 11) is 0.758. The van der Waals surface area contributed by atoms with Crippen LogP contribution in [0.3, 0.4) is 0 Å². The van der Waals surface area contributed by atoms with Crippen LogP contribution in [0.25, 0.3) is 0 Å². The maximum atomic E-state index is 12.8. The van der Waals surface area contributed by atoms with Gasteiger partial charge < -0.3 is 14.1 Å². The largest absolute Gasteiger partial charge is 0.444 e. The lowest BCUT2D eigenvalue weighted by atomic mass is 9.80. The molecular weight excluding hydrogens is 440 g/mol. The standard InChI is InChI=1S/C28H44N2O3Si/c1-26(2,3)24(33-34)12-14-28(7,8)13-11-19-15-20(18-29-17-19)22-16-21-9-10-23(22)30(21)25(31)32-27(4,5)6/h15,17-18,21-24H,9-10,12,14,16H2,1-8,34H3. The predicted molar refractivity (Wildman–Crippen MR) is 141 cm³/mol. The summed E-state index contributed by atoms with van der Waals surface area (Å²) in [5.41, 5.74) is 1.71. The molecule has 2 aliphatic rings. The number of pyridine rings is 1. The van der Waals surface area contributed by atoms with Gasteiger partial charge in [0.25, 0.3) is 0 Å². The molecule has 6 heteroatoms. The number of nitrogens with zero attached hydrogens (tertiary/aromatic N) is 2. The summed E-state index contributed by atoms with van der Waals surface area (Å²) in [6.45, 7) is 16.9. The molecule has 1 amide bonds. The van der Waals surface area contributed by atoms with Gasteiger partial charge >= 0.3 is 6.09 Å². The van der Waals surface area contributed by atoms with Gasteiger partial charge in [-0.25, -0.2) is 4.79 Å². The molecule has 0 spiro atoms. The summed E-state index contributed by atoms with van der Waals surface area (Å²) >= 11 is 0. The molecule has 1 aromatic rings. The molecule has 34 heavy (non-hydrogen) atoms. The number of hydrogen-bond acceptors (Lipinski definition) is 4. The van der Waals surface area contributed by atoms with E-state index in [1.807, 2.05) is 38.1 Å². The lowest BCUT2D eigenvalue weighted by Gasteiger charge is -2.32. The van der Waals surface area contributed by atoms with Crippen LogP contribution in [0.1, 0.15) is 105 Å². The van der Waals surface area contributed by atoms with Crippen molar-refractivity contribution in [1.29, 1.82) is 0 Å². The molecule has 0 radical (unpaired) electrons. The summed E-state index contributed by atoms with van der Waals surface area (Å²) in [5.74, 6) is 7.18. The van der Waals surface area contributed by atoms with E-state index in [4.69, 9.17) is 9.16 Å². The first-order valence-corrected chi connectivity index (χ1v) is 13.5. The monoisotopic (exact) mass is 484 g/mol. The second kappa shape index (κ2) is 10.0. The quantitative estimate of drug-likeness (QED) is 0.425. The third kappa shape index (κ3) is 6.64. The zero-order chi connectivity index (χ0) is 25.3. The van der Waals surface area contributed by atoms with Crippen molar-refractivity contribution in [1.82, 2.24) is 9.88 Å². The number of hydrogen-bond donors (Lipinski definition) is 0. The molecule has 2 fully saturated rings. The van der Waals surface area contributed by atoms with Gasteiger partial charge in [-0.2, -0.15) is 0 Å². The van der Waals surface area contributed by atoms with Crippen molar-refractivity contribution in [3.63, 3.8) is 0 Å². The average Bonchev–Trinajstić information content (AvgIpc) is 3.29. The molecule has 3 heterocycles. The fraction of sp³-hybridized carbons (Fsp3) is 0.714. The summed E-state index contributed by atoms with van der Waals surface area (Å²) < 4.78 is 11.6. The highest BCUT2D eigenvalue weighted by molar-refractivity contribution is 5.98. The maximum absolute atomic E-state index is 12.8. The molecule has 0 aromatic carbocycles. The van der Waals surface area contributed by atoms with Crippen molar-refractivity contribution in [2.45, 2.75) is 117 Å². The van der Waals surface area contributed by atoms with Crippen LogP contribution in [0.2, 0.25) is 0 Å². The van der Waals surface area contributed by atoms with E-state index in [0.29, 0.717) is 5.92 Å². The van der Waals surface area contributed by atoms with E-state index in [1.165, 1.54) is 5.56 Å². The Hall–Kier alpha value is -1.84. The van der Waals surface area contributed by atoms with E-state index in [2.05, 4.69) is 57.5 Å². The number of carbonyl (C=O) groups excluding carboxylic acids is 1. The Balaban J connectivity index is 1.69. The summed E-state index contributed by atoms with van der Waals surface area (Å²) in [5, 5.41) is 0. The predicted octanol–water partition coefficient (Wildman–Crippen LogP) is 5.21. The Labute approximate surface area is 209 Å². The molecule has 5 nitrogen and oxygen atoms in total. The number of rotatable bonds is 5. The van der Waals surface area contributed by atoms with Gasteiger partial charge in [-0.05, 0) is 83.8 Å². The van der Waals surface area contributed by atoms with Crippen molar-refractivity contribution >= 4 is 16.6 Å². The summed E-state index contributed by atoms with van der Waals surface area (Å²) in [4.78, 5) is 19.3. The van der Waals surface area contributed by atoms with Gasteiger partial charge in [-0.15, -0.1) is 0 Å². The Bertz CT molecular complexity index is 935. The Morgan fingerprint density at radius 3 is 2.50 bits per heavy atom. The average molecular weight is 485 g/mol. The number of fused-ring (bicyclic) bond motifs is 2. The molecule has 2 saturated heterocycles. The fourth-order valence-corrected chi connectivity index (χ4v) is 6.32. The maximum Gasteiger partial charge on any atom is 0.410 e. The number of aromatic nitrogens is 1. The van der Waals surface area contributed by atoms with E-state index in [0.717, 1.165) is 48.2 Å². The minimum Gasteiger partial charge on any atom is -0.444 e. The van der Waals surface area contributed by atoms with Crippen LogP contribution in [0.4, 0.5) is 4.79 Å². The molecule has 1 aromatic heterocycles. The van der Waals surface area contributed by atoms with E-state index in [9.17, 15) is 4.79 Å². The minimum atomic E-state index is -0.476. The van der Waals surface area contributed by atoms with Gasteiger partial charge in [-0.1, -0.05) is 32.6 Å². The van der Waals surface area contributed by atoms with E-state index < -0.39 is 5.60 Å². The third-order valence-electron chi connectivity index (χ3n) is 7.16. The normalized spacial score (nSPS) is 23.5. The zero-order valence-corrected chi connectivity index (χ0v) is 24.7. The first-order chi connectivity index (χ1) is 15.7. The smallest absolute Gasteiger partial charge is 0.410 e. The van der Waals surface area contributed by atoms with Gasteiger partial charge in [0.2, 0.25) is 0 Å². The minimum absolute atomic E-state index is 0.0977. The Kier molecular flexibility index (Phi) is 7.89. The lowest BCUT2D eigenvalue weighted by Crippen LogP contribution is -2.40. The van der Waals surface area contributed by atoms with Gasteiger partial charge in [0.1, 0.15) is 16.1 Å². The summed E-state index contributed by atoms with van der Waals surface area (Å²) in [6.07, 6.45) is 8.96. The van der Waals surface area contributed by atoms with Crippen LogP contribution >= 0.6 is 0 Å². The highest BCUT2D eigenvalue weighted by Gasteiger charge is 2.50. The highest BCUT2D eigenvalue weighted by atomic mass is 28.2. The van der Waals surface area contributed by atoms with Gasteiger partial charge in [0.05, 0.1) is 0 Å². The fourth-order valence-electron chi connectivity index (χ4n) is 5.38. The molecule has 4 atom stereocenters. The Morgan fingerprint density at radius 2 is 1.88 bits per heavy atom. The molecule has 188 valence electrons. The van der Waals surface area contributed by atoms with Gasteiger partial charge in [0, 0.05) is 47.5 Å². The van der Waals surface area contributed by atoms with Crippen molar-refractivity contribution < 1.29 is 14.0 Å². The Morgan fingerprint density at radius 1 is 1.18 bits per heavy atom. The van der Waals surface area contributed by atoms with Gasteiger partial charge in [0.15, 0.2) is 0 Å². The molecule has 0 aliphatic carbocycles. The van der Waals surface area contributed by atoms with Crippen LogP contribution in [0, 0.1) is 22.7 Å². The van der Waals surface area contributed by atoms with E-state index in [-0.39, 0.29) is 35.1 Å². The highest BCUT2D eigenvalue weighted by Crippen LogP contribution is 2.47. The molecule has 0 saturated carbocycles. The van der Waals surface area contributed by atoms with Crippen molar-refractivity contribution in [2.24, 2.45) is 10.8 Å². The topological polar surface area (TPSA) is 51.7 Å². The molecule has 2 bridgehead atoms. The van der Waals surface area contributed by atoms with Crippen molar-refractivity contribution in [3.8, 4) is 11.8 Å². The molecule has 4 unspecified atom stereocenters. The van der Waals surface area contributed by atoms with Crippen LogP contribution in [0.5, 0.6) is 0 Å². The summed E-state index contributed by atoms with van der Waals surface area (Å²) in [6, 6.07) is 2.62. The second-order valence-corrected chi connectivity index (χ2v) is 13.3. The lowest BCUT2D eigenvalue weighted by molar-refractivity contribution is 0.0213. The second-order valence-electron chi connectivity index (χ2n) is 12.8. The number of ether oxygens (including phenoxy) is 1. The van der Waals surface area contributed by atoms with Crippen LogP contribution < -0.4 is 0 Å². The molecule has 0 N–H and O–H groups in total. The first kappa shape index (κ1) is 26.8. The van der Waals surface area contributed by atoms with E-state index >= 15 is 0 Å². The SMILES string of the molecule is CC(C)(C#Cc1cncc(C2CC3CCC2N3C(=O)OC(C)(C)C)c1)CCC(O[SiH3])C(C)(C)C. The number of amides is 1. The van der Waals surface area contributed by atoms with Crippen LogP contribution in [-0.4, -0.2) is 50.3 Å². The first-order valence-electron chi connectivity index (χ1n) is 12.7. The molecule has 3 rings (SSSR count). The van der Waals surface area contributed by atoms with Crippen molar-refractivity contribution in [3.05, 3.63) is 29.6 Å². The van der Waals surface area contributed by atoms with Crippen LogP contribution in [-0.2, 0) is 9.16 Å². The van der Waals surface area contributed by atoms with Gasteiger partial charge in [-0.3, -0.25) is 4.98 Å². The molecular formula is C28H44N2O3Si.